The highest BCUT2D eigenvalue weighted by molar-refractivity contribution is 9.13. The zero-order valence-corrected chi connectivity index (χ0v) is 14.0. The van der Waals surface area contributed by atoms with Gasteiger partial charge in [0, 0.05) is 19.4 Å². The number of benzene rings is 1. The van der Waals surface area contributed by atoms with Crippen LogP contribution in [-0.4, -0.2) is 0 Å². The van der Waals surface area contributed by atoms with Crippen LogP contribution in [0.5, 0.6) is 0 Å². The van der Waals surface area contributed by atoms with Crippen molar-refractivity contribution >= 4 is 59.1 Å². The fourth-order valence-electron chi connectivity index (χ4n) is 1.47. The zero-order chi connectivity index (χ0) is 12.6. The highest BCUT2D eigenvalue weighted by Crippen LogP contribution is 2.38. The maximum absolute atomic E-state index is 13.8. The highest BCUT2D eigenvalue weighted by Gasteiger charge is 2.19. The molecule has 0 amide bonds. The Morgan fingerprint density at radius 2 is 1.88 bits per heavy atom. The molecule has 0 radical (unpaired) electrons. The number of hydrogen-bond donors (Lipinski definition) is 1. The molecule has 2 rings (SSSR count). The van der Waals surface area contributed by atoms with Crippen LogP contribution in [0.15, 0.2) is 37.0 Å². The van der Waals surface area contributed by atoms with Crippen molar-refractivity contribution in [2.75, 3.05) is 0 Å². The Labute approximate surface area is 128 Å². The number of thiophene rings is 1. The molecule has 1 heterocycles. The quantitative estimate of drug-likeness (QED) is 0.676. The fourth-order valence-corrected chi connectivity index (χ4v) is 4.16. The van der Waals surface area contributed by atoms with Crippen LogP contribution in [0, 0.1) is 5.82 Å². The van der Waals surface area contributed by atoms with E-state index in [4.69, 9.17) is 5.73 Å². The van der Waals surface area contributed by atoms with Crippen molar-refractivity contribution in [3.8, 4) is 0 Å². The Hall–Kier alpha value is 0.250. The van der Waals surface area contributed by atoms with Crippen molar-refractivity contribution < 1.29 is 4.39 Å². The van der Waals surface area contributed by atoms with Crippen LogP contribution in [0.25, 0.3) is 0 Å². The second kappa shape index (κ2) is 5.48. The van der Waals surface area contributed by atoms with Crippen LogP contribution in [-0.2, 0) is 0 Å². The summed E-state index contributed by atoms with van der Waals surface area (Å²) in [6, 6.07) is 6.28. The molecular weight excluding hydrogens is 437 g/mol. The lowest BCUT2D eigenvalue weighted by Gasteiger charge is -2.12. The molecule has 0 bridgehead atoms. The van der Waals surface area contributed by atoms with Gasteiger partial charge in [0.2, 0.25) is 0 Å². The molecule has 1 aromatic heterocycles. The predicted octanol–water partition coefficient (Wildman–Crippen LogP) is 5.22. The van der Waals surface area contributed by atoms with Gasteiger partial charge in [-0.15, -0.1) is 11.3 Å². The summed E-state index contributed by atoms with van der Waals surface area (Å²) in [7, 11) is 0. The molecule has 1 aromatic carbocycles. The Balaban J connectivity index is 2.47. The maximum Gasteiger partial charge on any atom is 0.129 e. The van der Waals surface area contributed by atoms with E-state index in [-0.39, 0.29) is 5.82 Å². The number of halogens is 4. The van der Waals surface area contributed by atoms with Crippen molar-refractivity contribution in [2.24, 2.45) is 5.73 Å². The number of rotatable bonds is 2. The summed E-state index contributed by atoms with van der Waals surface area (Å²) in [5.41, 5.74) is 6.58. The van der Waals surface area contributed by atoms with E-state index in [0.717, 1.165) is 13.1 Å². The van der Waals surface area contributed by atoms with Crippen LogP contribution in [0.3, 0.4) is 0 Å². The van der Waals surface area contributed by atoms with Crippen molar-refractivity contribution in [3.05, 3.63) is 53.3 Å². The minimum absolute atomic E-state index is 0.299. The molecule has 0 saturated carbocycles. The van der Waals surface area contributed by atoms with Crippen molar-refractivity contribution in [2.45, 2.75) is 6.04 Å². The van der Waals surface area contributed by atoms with Crippen LogP contribution in [0.1, 0.15) is 16.5 Å². The van der Waals surface area contributed by atoms with E-state index in [2.05, 4.69) is 47.8 Å². The first-order chi connectivity index (χ1) is 8.00. The van der Waals surface area contributed by atoms with Gasteiger partial charge in [-0.3, -0.25) is 0 Å². The molecule has 1 unspecified atom stereocenters. The van der Waals surface area contributed by atoms with E-state index >= 15 is 0 Å². The molecule has 1 nitrogen and oxygen atoms in total. The summed E-state index contributed by atoms with van der Waals surface area (Å²) in [5, 5.41) is 0. The van der Waals surface area contributed by atoms with E-state index in [0.29, 0.717) is 10.0 Å². The summed E-state index contributed by atoms with van der Waals surface area (Å²) < 4.78 is 16.3. The zero-order valence-electron chi connectivity index (χ0n) is 8.38. The SMILES string of the molecule is NC(c1cc(Br)c(Br)s1)c1c(F)cccc1Br. The minimum atomic E-state index is -0.474. The molecule has 0 spiro atoms. The van der Waals surface area contributed by atoms with E-state index in [1.54, 1.807) is 12.1 Å². The third-order valence-corrected chi connectivity index (χ3v) is 6.31. The normalized spacial score (nSPS) is 12.8. The van der Waals surface area contributed by atoms with Gasteiger partial charge in [0.25, 0.3) is 0 Å². The predicted molar refractivity (Wildman–Crippen MR) is 79.8 cm³/mol. The number of nitrogens with two attached hydrogens (primary N) is 1. The highest BCUT2D eigenvalue weighted by atomic mass is 79.9. The molecule has 17 heavy (non-hydrogen) atoms. The molecule has 2 aromatic rings. The minimum Gasteiger partial charge on any atom is -0.319 e. The lowest BCUT2D eigenvalue weighted by Crippen LogP contribution is -2.12. The molecule has 0 aliphatic rings. The van der Waals surface area contributed by atoms with Crippen LogP contribution < -0.4 is 5.73 Å². The van der Waals surface area contributed by atoms with Gasteiger partial charge in [-0.1, -0.05) is 22.0 Å². The van der Waals surface area contributed by atoms with Crippen molar-refractivity contribution in [1.82, 2.24) is 0 Å². The second-order valence-electron chi connectivity index (χ2n) is 3.38. The molecular formula is C11H7Br3FNS. The topological polar surface area (TPSA) is 26.0 Å². The fraction of sp³-hybridized carbons (Fsp3) is 0.0909. The molecule has 6 heteroatoms. The van der Waals surface area contributed by atoms with E-state index in [9.17, 15) is 4.39 Å². The summed E-state index contributed by atoms with van der Waals surface area (Å²) in [4.78, 5) is 0.898. The maximum atomic E-state index is 13.8. The van der Waals surface area contributed by atoms with Gasteiger partial charge in [-0.05, 0) is 50.1 Å². The molecule has 0 aliphatic carbocycles. The standard InChI is InChI=1S/C11H7Br3FNS/c12-5-2-1-3-7(15)9(5)10(16)8-4-6(13)11(14)17-8/h1-4,10H,16H2. The van der Waals surface area contributed by atoms with E-state index in [1.807, 2.05) is 6.07 Å². The average molecular weight is 444 g/mol. The van der Waals surface area contributed by atoms with Gasteiger partial charge in [-0.2, -0.15) is 0 Å². The Morgan fingerprint density at radius 3 is 2.41 bits per heavy atom. The van der Waals surface area contributed by atoms with Crippen molar-refractivity contribution in [3.63, 3.8) is 0 Å². The lowest BCUT2D eigenvalue weighted by molar-refractivity contribution is 0.599. The summed E-state index contributed by atoms with van der Waals surface area (Å²) in [6.07, 6.45) is 0. The summed E-state index contributed by atoms with van der Waals surface area (Å²) in [5.74, 6) is -0.299. The smallest absolute Gasteiger partial charge is 0.129 e. The summed E-state index contributed by atoms with van der Waals surface area (Å²) >= 11 is 11.6. The first kappa shape index (κ1) is 13.7. The molecule has 90 valence electrons. The Kier molecular flexibility index (Phi) is 4.41. The molecule has 2 N–H and O–H groups in total. The third kappa shape index (κ3) is 2.81. The molecule has 1 atom stereocenters. The van der Waals surface area contributed by atoms with Crippen LogP contribution in [0.2, 0.25) is 0 Å². The number of hydrogen-bond acceptors (Lipinski definition) is 2. The van der Waals surface area contributed by atoms with Crippen molar-refractivity contribution in [1.29, 1.82) is 0 Å². The summed E-state index contributed by atoms with van der Waals surface area (Å²) in [6.45, 7) is 0. The molecule has 0 aliphatic heterocycles. The molecule has 0 saturated heterocycles. The monoisotopic (exact) mass is 441 g/mol. The average Bonchev–Trinajstić information content (AvgIpc) is 2.59. The third-order valence-electron chi connectivity index (χ3n) is 2.28. The van der Waals surface area contributed by atoms with Gasteiger partial charge in [0.05, 0.1) is 9.83 Å². The second-order valence-corrected chi connectivity index (χ2v) is 7.49. The van der Waals surface area contributed by atoms with Gasteiger partial charge < -0.3 is 5.73 Å². The van der Waals surface area contributed by atoms with Gasteiger partial charge in [0.1, 0.15) is 5.82 Å². The van der Waals surface area contributed by atoms with Crippen LogP contribution in [0.4, 0.5) is 4.39 Å². The van der Waals surface area contributed by atoms with Gasteiger partial charge in [0.15, 0.2) is 0 Å². The van der Waals surface area contributed by atoms with Crippen LogP contribution >= 0.6 is 59.1 Å². The largest absolute Gasteiger partial charge is 0.319 e. The lowest BCUT2D eigenvalue weighted by atomic mass is 10.1. The van der Waals surface area contributed by atoms with Gasteiger partial charge >= 0.3 is 0 Å². The Morgan fingerprint density at radius 1 is 1.18 bits per heavy atom. The first-order valence-corrected chi connectivity index (χ1v) is 7.84. The van der Waals surface area contributed by atoms with E-state index < -0.39 is 6.04 Å². The molecule has 0 fully saturated rings. The Bertz CT molecular complexity index is 516. The first-order valence-electron chi connectivity index (χ1n) is 4.65. The van der Waals surface area contributed by atoms with E-state index in [1.165, 1.54) is 17.4 Å². The van der Waals surface area contributed by atoms with Gasteiger partial charge in [-0.25, -0.2) is 4.39 Å².